The van der Waals surface area contributed by atoms with Gasteiger partial charge in [0, 0.05) is 0 Å². The summed E-state index contributed by atoms with van der Waals surface area (Å²) in [6.07, 6.45) is 3.17. The second-order valence-corrected chi connectivity index (χ2v) is 3.24. The van der Waals surface area contributed by atoms with Gasteiger partial charge in [-0.05, 0) is 32.5 Å². The highest BCUT2D eigenvalue weighted by Gasteiger charge is 2.06. The lowest BCUT2D eigenvalue weighted by Gasteiger charge is -2.19. The first-order valence-electron chi connectivity index (χ1n) is 4.91. The molecule has 0 unspecified atom stereocenters. The quantitative estimate of drug-likeness (QED) is 0.558. The van der Waals surface area contributed by atoms with Gasteiger partial charge in [0.25, 0.3) is 0 Å². The maximum absolute atomic E-state index is 10.7. The van der Waals surface area contributed by atoms with Crippen LogP contribution in [0.25, 0.3) is 0 Å². The third kappa shape index (κ3) is 7.74. The average Bonchev–Trinajstić information content (AvgIpc) is 2.09. The molecule has 0 spiro atoms. The van der Waals surface area contributed by atoms with E-state index in [9.17, 15) is 4.79 Å². The predicted octanol–water partition coefficient (Wildman–Crippen LogP) is -0.0774. The van der Waals surface area contributed by atoms with Crippen LogP contribution in [0.15, 0.2) is 0 Å². The molecule has 0 aromatic heterocycles. The van der Waals surface area contributed by atoms with Crippen molar-refractivity contribution in [2.75, 3.05) is 26.2 Å². The van der Waals surface area contributed by atoms with Gasteiger partial charge in [-0.2, -0.15) is 0 Å². The fraction of sp³-hybridized carbons (Fsp3) is 0.889. The van der Waals surface area contributed by atoms with E-state index in [-0.39, 0.29) is 5.91 Å². The van der Waals surface area contributed by atoms with Crippen molar-refractivity contribution in [1.29, 1.82) is 0 Å². The molecule has 0 saturated carbocycles. The zero-order valence-corrected chi connectivity index (χ0v) is 8.46. The van der Waals surface area contributed by atoms with Gasteiger partial charge >= 0.3 is 0 Å². The summed E-state index contributed by atoms with van der Waals surface area (Å²) in [4.78, 5) is 12.8. The maximum Gasteiger partial charge on any atom is 0.231 e. The second kappa shape index (κ2) is 8.01. The van der Waals surface area contributed by atoms with Crippen molar-refractivity contribution in [3.63, 3.8) is 0 Å². The van der Waals surface area contributed by atoms with Crippen molar-refractivity contribution in [3.8, 4) is 0 Å². The second-order valence-electron chi connectivity index (χ2n) is 3.24. The molecule has 4 heteroatoms. The van der Waals surface area contributed by atoms with Crippen molar-refractivity contribution >= 4 is 5.91 Å². The highest BCUT2D eigenvalue weighted by molar-refractivity contribution is 5.75. The summed E-state index contributed by atoms with van der Waals surface area (Å²) < 4.78 is 0. The van der Waals surface area contributed by atoms with Gasteiger partial charge in [-0.3, -0.25) is 9.69 Å². The summed E-state index contributed by atoms with van der Waals surface area (Å²) in [7, 11) is 0. The summed E-state index contributed by atoms with van der Waals surface area (Å²) in [6.45, 7) is 4.98. The summed E-state index contributed by atoms with van der Waals surface area (Å²) in [5, 5.41) is 0. The molecule has 13 heavy (non-hydrogen) atoms. The molecule has 4 N–H and O–H groups in total. The van der Waals surface area contributed by atoms with Crippen molar-refractivity contribution in [2.45, 2.75) is 26.2 Å². The van der Waals surface area contributed by atoms with Gasteiger partial charge in [0.1, 0.15) is 0 Å². The molecule has 0 fully saturated rings. The Morgan fingerprint density at radius 3 is 2.38 bits per heavy atom. The van der Waals surface area contributed by atoms with E-state index in [4.69, 9.17) is 11.5 Å². The molecule has 0 saturated heterocycles. The molecule has 0 aliphatic rings. The Hall–Kier alpha value is -0.610. The minimum absolute atomic E-state index is 0.256. The van der Waals surface area contributed by atoms with E-state index in [1.807, 2.05) is 0 Å². The number of rotatable bonds is 8. The number of hydrogen-bond acceptors (Lipinski definition) is 3. The van der Waals surface area contributed by atoms with Crippen LogP contribution in [-0.2, 0) is 4.79 Å². The van der Waals surface area contributed by atoms with Crippen LogP contribution >= 0.6 is 0 Å². The van der Waals surface area contributed by atoms with Crippen LogP contribution < -0.4 is 11.5 Å². The van der Waals surface area contributed by atoms with Gasteiger partial charge in [-0.25, -0.2) is 0 Å². The lowest BCUT2D eigenvalue weighted by Crippen LogP contribution is -2.35. The molecule has 0 atom stereocenters. The van der Waals surface area contributed by atoms with Crippen molar-refractivity contribution < 1.29 is 4.79 Å². The first kappa shape index (κ1) is 12.4. The van der Waals surface area contributed by atoms with Gasteiger partial charge in [-0.1, -0.05) is 13.3 Å². The minimum atomic E-state index is -0.256. The molecule has 78 valence electrons. The molecule has 1 amide bonds. The topological polar surface area (TPSA) is 72.3 Å². The third-order valence-corrected chi connectivity index (χ3v) is 1.89. The van der Waals surface area contributed by atoms with Gasteiger partial charge in [-0.15, -0.1) is 0 Å². The Morgan fingerprint density at radius 1 is 1.31 bits per heavy atom. The molecule has 0 rings (SSSR count). The Labute approximate surface area is 80.3 Å². The highest BCUT2D eigenvalue weighted by atomic mass is 16.1. The Morgan fingerprint density at radius 2 is 1.92 bits per heavy atom. The number of nitrogens with two attached hydrogens (primary N) is 2. The number of unbranched alkanes of at least 4 members (excludes halogenated alkanes) is 1. The van der Waals surface area contributed by atoms with Crippen LogP contribution in [0.4, 0.5) is 0 Å². The van der Waals surface area contributed by atoms with Crippen molar-refractivity contribution in [3.05, 3.63) is 0 Å². The number of amides is 1. The van der Waals surface area contributed by atoms with E-state index in [2.05, 4.69) is 11.8 Å². The Kier molecular flexibility index (Phi) is 7.63. The number of primary amides is 1. The summed E-state index contributed by atoms with van der Waals surface area (Å²) in [5.74, 6) is -0.256. The lowest BCUT2D eigenvalue weighted by molar-refractivity contribution is -0.119. The fourth-order valence-corrected chi connectivity index (χ4v) is 1.19. The number of hydrogen-bond donors (Lipinski definition) is 2. The van der Waals surface area contributed by atoms with Crippen LogP contribution in [0.3, 0.4) is 0 Å². The van der Waals surface area contributed by atoms with Crippen LogP contribution in [0.2, 0.25) is 0 Å². The molecular formula is C9H21N3O. The average molecular weight is 187 g/mol. The van der Waals surface area contributed by atoms with E-state index in [1.165, 1.54) is 0 Å². The zero-order valence-electron chi connectivity index (χ0n) is 8.46. The highest BCUT2D eigenvalue weighted by Crippen LogP contribution is 1.95. The number of carbonyl (C=O) groups is 1. The predicted molar refractivity (Wildman–Crippen MR) is 54.2 cm³/mol. The van der Waals surface area contributed by atoms with Gasteiger partial charge < -0.3 is 11.5 Å². The third-order valence-electron chi connectivity index (χ3n) is 1.89. The van der Waals surface area contributed by atoms with Crippen molar-refractivity contribution in [2.24, 2.45) is 11.5 Å². The Balaban J connectivity index is 3.66. The van der Waals surface area contributed by atoms with Crippen LogP contribution in [0.5, 0.6) is 0 Å². The van der Waals surface area contributed by atoms with E-state index in [1.54, 1.807) is 0 Å². The standard InChI is InChI=1S/C9H21N3O/c1-2-3-6-12(7-4-5-10)8-9(11)13/h2-8,10H2,1H3,(H2,11,13). The summed E-state index contributed by atoms with van der Waals surface area (Å²) in [6, 6.07) is 0. The fourth-order valence-electron chi connectivity index (χ4n) is 1.19. The van der Waals surface area contributed by atoms with Crippen LogP contribution in [0, 0.1) is 0 Å². The van der Waals surface area contributed by atoms with Crippen molar-refractivity contribution in [1.82, 2.24) is 4.90 Å². The van der Waals surface area contributed by atoms with Crippen LogP contribution in [-0.4, -0.2) is 37.0 Å². The smallest absolute Gasteiger partial charge is 0.231 e. The van der Waals surface area contributed by atoms with E-state index in [0.717, 1.165) is 32.4 Å². The molecular weight excluding hydrogens is 166 g/mol. The number of carbonyl (C=O) groups excluding carboxylic acids is 1. The SMILES string of the molecule is CCCCN(CCCN)CC(N)=O. The molecule has 0 aromatic rings. The number of nitrogens with zero attached hydrogens (tertiary/aromatic N) is 1. The van der Waals surface area contributed by atoms with Gasteiger partial charge in [0.2, 0.25) is 5.91 Å². The van der Waals surface area contributed by atoms with Gasteiger partial charge in [0.05, 0.1) is 6.54 Å². The molecule has 0 aliphatic carbocycles. The monoisotopic (exact) mass is 187 g/mol. The molecule has 0 heterocycles. The molecule has 0 radical (unpaired) electrons. The lowest BCUT2D eigenvalue weighted by atomic mass is 10.3. The van der Waals surface area contributed by atoms with E-state index in [0.29, 0.717) is 13.1 Å². The van der Waals surface area contributed by atoms with Gasteiger partial charge in [0.15, 0.2) is 0 Å². The minimum Gasteiger partial charge on any atom is -0.369 e. The first-order valence-corrected chi connectivity index (χ1v) is 4.91. The normalized spacial score (nSPS) is 10.7. The Bertz CT molecular complexity index is 131. The zero-order chi connectivity index (χ0) is 10.1. The summed E-state index contributed by atoms with van der Waals surface area (Å²) >= 11 is 0. The molecule has 0 aromatic carbocycles. The molecule has 0 bridgehead atoms. The maximum atomic E-state index is 10.7. The van der Waals surface area contributed by atoms with E-state index < -0.39 is 0 Å². The van der Waals surface area contributed by atoms with E-state index >= 15 is 0 Å². The summed E-state index contributed by atoms with van der Waals surface area (Å²) in [5.41, 5.74) is 10.5. The largest absolute Gasteiger partial charge is 0.369 e. The molecule has 4 nitrogen and oxygen atoms in total. The molecule has 0 aliphatic heterocycles. The first-order chi connectivity index (χ1) is 6.20. The van der Waals surface area contributed by atoms with Crippen LogP contribution in [0.1, 0.15) is 26.2 Å².